The molecule has 20 heavy (non-hydrogen) atoms. The fourth-order valence-corrected chi connectivity index (χ4v) is 2.32. The van der Waals surface area contributed by atoms with Crippen LogP contribution >= 0.6 is 0 Å². The minimum Gasteiger partial charge on any atom is -0.394 e. The molecule has 0 aromatic carbocycles. The average Bonchev–Trinajstić information content (AvgIpc) is 2.52. The highest BCUT2D eigenvalue weighted by Crippen LogP contribution is 2.20. The summed E-state index contributed by atoms with van der Waals surface area (Å²) in [5, 5.41) is 12.0. The summed E-state index contributed by atoms with van der Waals surface area (Å²) in [6.45, 7) is 5.40. The van der Waals surface area contributed by atoms with E-state index >= 15 is 0 Å². The molecule has 1 aromatic heterocycles. The van der Waals surface area contributed by atoms with Crippen molar-refractivity contribution in [3.05, 3.63) is 12.4 Å². The SMILES string of the molecule is CCCNc1cncc(N2CCC(OCCO)CC2)n1. The number of ether oxygens (including phenoxy) is 1. The lowest BCUT2D eigenvalue weighted by Gasteiger charge is -2.32. The summed E-state index contributed by atoms with van der Waals surface area (Å²) in [7, 11) is 0. The molecule has 0 radical (unpaired) electrons. The number of anilines is 2. The highest BCUT2D eigenvalue weighted by Gasteiger charge is 2.20. The minimum absolute atomic E-state index is 0.0941. The Kier molecular flexibility index (Phi) is 6.01. The first-order valence-electron chi connectivity index (χ1n) is 7.36. The van der Waals surface area contributed by atoms with Gasteiger partial charge in [-0.2, -0.15) is 0 Å². The second-order valence-electron chi connectivity index (χ2n) is 4.97. The number of nitrogens with one attached hydrogen (secondary N) is 1. The monoisotopic (exact) mass is 280 g/mol. The van der Waals surface area contributed by atoms with E-state index in [9.17, 15) is 0 Å². The predicted octanol–water partition coefficient (Wildman–Crippen LogP) is 1.28. The van der Waals surface area contributed by atoms with E-state index in [0.717, 1.165) is 50.5 Å². The van der Waals surface area contributed by atoms with Gasteiger partial charge in [-0.25, -0.2) is 4.98 Å². The van der Waals surface area contributed by atoms with E-state index in [2.05, 4.69) is 27.1 Å². The molecule has 1 aliphatic rings. The highest BCUT2D eigenvalue weighted by molar-refractivity contribution is 5.44. The Morgan fingerprint density at radius 2 is 2.20 bits per heavy atom. The molecule has 0 spiro atoms. The van der Waals surface area contributed by atoms with E-state index in [0.29, 0.717) is 6.61 Å². The standard InChI is InChI=1S/C14H24N4O2/c1-2-5-16-13-10-15-11-14(17-13)18-6-3-12(4-7-18)20-9-8-19/h10-12,19H,2-9H2,1H3,(H,16,17). The van der Waals surface area contributed by atoms with Gasteiger partial charge in [0.25, 0.3) is 0 Å². The van der Waals surface area contributed by atoms with E-state index in [-0.39, 0.29) is 12.7 Å². The second-order valence-corrected chi connectivity index (χ2v) is 4.97. The third kappa shape index (κ3) is 4.31. The van der Waals surface area contributed by atoms with Crippen molar-refractivity contribution in [2.45, 2.75) is 32.3 Å². The van der Waals surface area contributed by atoms with Crippen LogP contribution in [0.3, 0.4) is 0 Å². The smallest absolute Gasteiger partial charge is 0.149 e. The minimum atomic E-state index is 0.0941. The number of nitrogens with zero attached hydrogens (tertiary/aromatic N) is 3. The molecule has 0 saturated carbocycles. The van der Waals surface area contributed by atoms with E-state index in [1.54, 1.807) is 6.20 Å². The number of piperidine rings is 1. The van der Waals surface area contributed by atoms with Gasteiger partial charge >= 0.3 is 0 Å². The van der Waals surface area contributed by atoms with Crippen molar-refractivity contribution in [3.63, 3.8) is 0 Å². The molecule has 0 aliphatic carbocycles. The maximum absolute atomic E-state index is 8.77. The van der Waals surface area contributed by atoms with Crippen LogP contribution in [-0.2, 0) is 4.74 Å². The van der Waals surface area contributed by atoms with Crippen molar-refractivity contribution >= 4 is 11.6 Å². The molecule has 1 saturated heterocycles. The first-order chi connectivity index (χ1) is 9.83. The fourth-order valence-electron chi connectivity index (χ4n) is 2.32. The Bertz CT molecular complexity index is 395. The van der Waals surface area contributed by atoms with E-state index in [4.69, 9.17) is 9.84 Å². The van der Waals surface area contributed by atoms with Crippen molar-refractivity contribution in [1.29, 1.82) is 0 Å². The normalized spacial score (nSPS) is 16.4. The van der Waals surface area contributed by atoms with Gasteiger partial charge in [-0.1, -0.05) is 6.92 Å². The maximum Gasteiger partial charge on any atom is 0.149 e. The van der Waals surface area contributed by atoms with Crippen LogP contribution in [-0.4, -0.2) is 54.0 Å². The number of aromatic nitrogens is 2. The molecule has 1 aliphatic heterocycles. The molecule has 0 amide bonds. The van der Waals surface area contributed by atoms with Gasteiger partial charge in [0, 0.05) is 19.6 Å². The van der Waals surface area contributed by atoms with Gasteiger partial charge < -0.3 is 20.1 Å². The lowest BCUT2D eigenvalue weighted by Crippen LogP contribution is -2.38. The number of hydrogen-bond acceptors (Lipinski definition) is 6. The van der Waals surface area contributed by atoms with E-state index in [1.165, 1.54) is 0 Å². The number of hydrogen-bond donors (Lipinski definition) is 2. The summed E-state index contributed by atoms with van der Waals surface area (Å²) >= 11 is 0. The zero-order chi connectivity index (χ0) is 14.2. The average molecular weight is 280 g/mol. The predicted molar refractivity (Wildman–Crippen MR) is 79.1 cm³/mol. The van der Waals surface area contributed by atoms with Gasteiger partial charge in [0.2, 0.25) is 0 Å². The summed E-state index contributed by atoms with van der Waals surface area (Å²) in [6, 6.07) is 0. The largest absolute Gasteiger partial charge is 0.394 e. The second kappa shape index (κ2) is 8.01. The molecule has 2 rings (SSSR count). The Morgan fingerprint density at radius 3 is 2.90 bits per heavy atom. The summed E-state index contributed by atoms with van der Waals surface area (Å²) in [4.78, 5) is 11.1. The van der Waals surface area contributed by atoms with Crippen LogP contribution in [0.25, 0.3) is 0 Å². The molecule has 6 heteroatoms. The van der Waals surface area contributed by atoms with Crippen LogP contribution in [0.1, 0.15) is 26.2 Å². The van der Waals surface area contributed by atoms with Crippen molar-refractivity contribution in [3.8, 4) is 0 Å². The maximum atomic E-state index is 8.77. The molecule has 0 unspecified atom stereocenters. The first-order valence-corrected chi connectivity index (χ1v) is 7.36. The van der Waals surface area contributed by atoms with Gasteiger partial charge in [0.15, 0.2) is 0 Å². The Balaban J connectivity index is 1.86. The highest BCUT2D eigenvalue weighted by atomic mass is 16.5. The van der Waals surface area contributed by atoms with Crippen molar-refractivity contribution < 1.29 is 9.84 Å². The van der Waals surface area contributed by atoms with Gasteiger partial charge in [-0.3, -0.25) is 4.98 Å². The molecule has 2 heterocycles. The Labute approximate surface area is 120 Å². The molecule has 1 fully saturated rings. The van der Waals surface area contributed by atoms with Crippen LogP contribution in [0.5, 0.6) is 0 Å². The third-order valence-corrected chi connectivity index (χ3v) is 3.39. The Morgan fingerprint density at radius 1 is 1.40 bits per heavy atom. The van der Waals surface area contributed by atoms with E-state index in [1.807, 2.05) is 6.20 Å². The molecule has 2 N–H and O–H groups in total. The third-order valence-electron chi connectivity index (χ3n) is 3.39. The quantitative estimate of drug-likeness (QED) is 0.784. The lowest BCUT2D eigenvalue weighted by atomic mass is 10.1. The number of rotatable bonds is 7. The van der Waals surface area contributed by atoms with Crippen LogP contribution in [0.2, 0.25) is 0 Å². The van der Waals surface area contributed by atoms with E-state index < -0.39 is 0 Å². The molecular weight excluding hydrogens is 256 g/mol. The molecule has 1 aromatic rings. The van der Waals surface area contributed by atoms with Crippen molar-refractivity contribution in [2.75, 3.05) is 43.1 Å². The molecule has 112 valence electrons. The summed E-state index contributed by atoms with van der Waals surface area (Å²) in [6.07, 6.45) is 6.83. The van der Waals surface area contributed by atoms with Crippen LogP contribution in [0.15, 0.2) is 12.4 Å². The molecule has 0 bridgehead atoms. The van der Waals surface area contributed by atoms with Crippen molar-refractivity contribution in [1.82, 2.24) is 9.97 Å². The van der Waals surface area contributed by atoms with Gasteiger partial charge in [-0.15, -0.1) is 0 Å². The summed E-state index contributed by atoms with van der Waals surface area (Å²) in [5.74, 6) is 1.76. The fraction of sp³-hybridized carbons (Fsp3) is 0.714. The number of aliphatic hydroxyl groups is 1. The lowest BCUT2D eigenvalue weighted by molar-refractivity contribution is 0.0158. The van der Waals surface area contributed by atoms with Crippen LogP contribution in [0.4, 0.5) is 11.6 Å². The summed E-state index contributed by atoms with van der Waals surface area (Å²) < 4.78 is 5.57. The molecular formula is C14H24N4O2. The van der Waals surface area contributed by atoms with Gasteiger partial charge in [-0.05, 0) is 19.3 Å². The van der Waals surface area contributed by atoms with Crippen molar-refractivity contribution in [2.24, 2.45) is 0 Å². The number of aliphatic hydroxyl groups excluding tert-OH is 1. The topological polar surface area (TPSA) is 70.5 Å². The molecule has 6 nitrogen and oxygen atoms in total. The molecule has 0 atom stereocenters. The Hall–Kier alpha value is -1.40. The van der Waals surface area contributed by atoms with Gasteiger partial charge in [0.05, 0.1) is 31.7 Å². The summed E-state index contributed by atoms with van der Waals surface area (Å²) in [5.41, 5.74) is 0. The zero-order valence-corrected chi connectivity index (χ0v) is 12.1. The first kappa shape index (κ1) is 15.0. The van der Waals surface area contributed by atoms with Gasteiger partial charge in [0.1, 0.15) is 11.6 Å². The zero-order valence-electron chi connectivity index (χ0n) is 12.1. The van der Waals surface area contributed by atoms with Crippen LogP contribution < -0.4 is 10.2 Å². The van der Waals surface area contributed by atoms with Crippen LogP contribution in [0, 0.1) is 0 Å².